The van der Waals surface area contributed by atoms with E-state index in [1.54, 1.807) is 6.07 Å². The average molecular weight is 403 g/mol. The number of benzene rings is 2. The number of likely N-dealkylation sites (tertiary alicyclic amines) is 1. The highest BCUT2D eigenvalue weighted by atomic mass is 79.9. The third kappa shape index (κ3) is 3.90. The molecule has 1 saturated heterocycles. The van der Waals surface area contributed by atoms with E-state index >= 15 is 0 Å². The number of rotatable bonds is 4. The maximum atomic E-state index is 13.5. The molecule has 1 N–H and O–H groups in total. The number of hydrogen-bond donors (Lipinski definition) is 1. The minimum absolute atomic E-state index is 0.136. The van der Waals surface area contributed by atoms with Gasteiger partial charge in [0.1, 0.15) is 5.82 Å². The number of fused-ring (bicyclic) bond motifs is 1. The number of nitrogens with zero attached hydrogens (tertiary/aromatic N) is 1. The summed E-state index contributed by atoms with van der Waals surface area (Å²) in [5.41, 5.74) is 3.87. The summed E-state index contributed by atoms with van der Waals surface area (Å²) >= 11 is 3.56. The Morgan fingerprint density at radius 3 is 2.76 bits per heavy atom. The molecule has 4 rings (SSSR count). The minimum Gasteiger partial charge on any atom is -0.384 e. The molecule has 2 heterocycles. The van der Waals surface area contributed by atoms with E-state index in [1.165, 1.54) is 30.2 Å². The maximum Gasteiger partial charge on any atom is 0.123 e. The summed E-state index contributed by atoms with van der Waals surface area (Å²) in [4.78, 5) is 2.60. The van der Waals surface area contributed by atoms with E-state index in [2.05, 4.69) is 50.4 Å². The summed E-state index contributed by atoms with van der Waals surface area (Å²) in [5.74, 6) is 1.12. The Labute approximate surface area is 157 Å². The molecule has 1 atom stereocenters. The van der Waals surface area contributed by atoms with Gasteiger partial charge in [-0.3, -0.25) is 0 Å². The standard InChI is InChI=1S/C21H24BrFN2/c22-20-6-5-18(23)12-16(20)11-15-7-9-25(10-8-15)14-17-13-24-21-4-2-1-3-19(17)21/h1-6,12,15,17,24H,7-11,13-14H2. The van der Waals surface area contributed by atoms with Crippen molar-refractivity contribution >= 4 is 21.6 Å². The number of nitrogens with one attached hydrogen (secondary N) is 1. The molecule has 2 aromatic carbocycles. The van der Waals surface area contributed by atoms with Gasteiger partial charge in [0, 0.05) is 29.2 Å². The van der Waals surface area contributed by atoms with E-state index in [0.29, 0.717) is 11.8 Å². The maximum absolute atomic E-state index is 13.5. The molecule has 0 bridgehead atoms. The van der Waals surface area contributed by atoms with E-state index in [-0.39, 0.29) is 5.82 Å². The molecule has 1 unspecified atom stereocenters. The smallest absolute Gasteiger partial charge is 0.123 e. The van der Waals surface area contributed by atoms with Crippen LogP contribution in [0.1, 0.15) is 29.9 Å². The van der Waals surface area contributed by atoms with Crippen molar-refractivity contribution in [3.63, 3.8) is 0 Å². The summed E-state index contributed by atoms with van der Waals surface area (Å²) in [5, 5.41) is 3.53. The molecule has 2 aliphatic heterocycles. The second-order valence-corrected chi connectivity index (χ2v) is 8.20. The Morgan fingerprint density at radius 2 is 1.92 bits per heavy atom. The second-order valence-electron chi connectivity index (χ2n) is 7.35. The van der Waals surface area contributed by atoms with E-state index in [1.807, 2.05) is 6.07 Å². The van der Waals surface area contributed by atoms with Gasteiger partial charge in [-0.25, -0.2) is 4.39 Å². The number of anilines is 1. The van der Waals surface area contributed by atoms with Crippen molar-refractivity contribution in [3.05, 3.63) is 63.9 Å². The molecular weight excluding hydrogens is 379 g/mol. The van der Waals surface area contributed by atoms with Crippen LogP contribution in [-0.4, -0.2) is 31.1 Å². The second kappa shape index (κ2) is 7.46. The Bertz CT molecular complexity index is 740. The van der Waals surface area contributed by atoms with Crippen molar-refractivity contribution < 1.29 is 4.39 Å². The van der Waals surface area contributed by atoms with Gasteiger partial charge in [-0.1, -0.05) is 34.1 Å². The monoisotopic (exact) mass is 402 g/mol. The van der Waals surface area contributed by atoms with Crippen LogP contribution in [0.5, 0.6) is 0 Å². The summed E-state index contributed by atoms with van der Waals surface area (Å²) in [6, 6.07) is 13.7. The van der Waals surface area contributed by atoms with Crippen molar-refractivity contribution in [3.8, 4) is 0 Å². The summed E-state index contributed by atoms with van der Waals surface area (Å²) in [7, 11) is 0. The summed E-state index contributed by atoms with van der Waals surface area (Å²) in [6.07, 6.45) is 3.37. The predicted molar refractivity (Wildman–Crippen MR) is 105 cm³/mol. The molecule has 0 radical (unpaired) electrons. The molecule has 132 valence electrons. The number of para-hydroxylation sites is 1. The molecule has 0 spiro atoms. The van der Waals surface area contributed by atoms with E-state index in [4.69, 9.17) is 0 Å². The Balaban J connectivity index is 1.31. The highest BCUT2D eigenvalue weighted by molar-refractivity contribution is 9.10. The number of piperidine rings is 1. The summed E-state index contributed by atoms with van der Waals surface area (Å²) in [6.45, 7) is 4.49. The zero-order valence-electron chi connectivity index (χ0n) is 14.3. The number of hydrogen-bond acceptors (Lipinski definition) is 2. The molecule has 0 aliphatic carbocycles. The summed E-state index contributed by atoms with van der Waals surface area (Å²) < 4.78 is 14.5. The topological polar surface area (TPSA) is 15.3 Å². The zero-order valence-corrected chi connectivity index (χ0v) is 15.9. The van der Waals surface area contributed by atoms with Crippen LogP contribution in [0.15, 0.2) is 46.9 Å². The predicted octanol–water partition coefficient (Wildman–Crippen LogP) is 5.05. The van der Waals surface area contributed by atoms with Crippen LogP contribution in [0, 0.1) is 11.7 Å². The van der Waals surface area contributed by atoms with Crippen molar-refractivity contribution in [2.75, 3.05) is 31.5 Å². The first-order valence-corrected chi connectivity index (χ1v) is 9.97. The molecule has 0 amide bonds. The zero-order chi connectivity index (χ0) is 17.2. The first kappa shape index (κ1) is 17.0. The minimum atomic E-state index is -0.136. The van der Waals surface area contributed by atoms with Gasteiger partial charge in [0.05, 0.1) is 0 Å². The van der Waals surface area contributed by atoms with Gasteiger partial charge < -0.3 is 10.2 Å². The van der Waals surface area contributed by atoms with Crippen LogP contribution >= 0.6 is 15.9 Å². The molecule has 0 saturated carbocycles. The lowest BCUT2D eigenvalue weighted by molar-refractivity contribution is 0.177. The molecule has 2 aliphatic rings. The third-order valence-electron chi connectivity index (χ3n) is 5.64. The molecule has 0 aromatic heterocycles. The van der Waals surface area contributed by atoms with Crippen LogP contribution < -0.4 is 5.32 Å². The van der Waals surface area contributed by atoms with Crippen LogP contribution in [-0.2, 0) is 6.42 Å². The highest BCUT2D eigenvalue weighted by Gasteiger charge is 2.26. The SMILES string of the molecule is Fc1ccc(Br)c(CC2CCN(CC3CNc4ccccc43)CC2)c1. The van der Waals surface area contributed by atoms with Crippen LogP contribution in [0.2, 0.25) is 0 Å². The van der Waals surface area contributed by atoms with Crippen LogP contribution in [0.25, 0.3) is 0 Å². The number of halogens is 2. The Hall–Kier alpha value is -1.39. The first-order chi connectivity index (χ1) is 12.2. The quantitative estimate of drug-likeness (QED) is 0.769. The third-order valence-corrected chi connectivity index (χ3v) is 6.42. The lowest BCUT2D eigenvalue weighted by atomic mass is 9.89. The Kier molecular flexibility index (Phi) is 5.09. The van der Waals surface area contributed by atoms with Crippen molar-refractivity contribution in [2.45, 2.75) is 25.2 Å². The van der Waals surface area contributed by atoms with E-state index in [0.717, 1.165) is 42.6 Å². The van der Waals surface area contributed by atoms with Gasteiger partial charge in [-0.05, 0) is 73.7 Å². The molecule has 2 aromatic rings. The molecule has 25 heavy (non-hydrogen) atoms. The molecule has 1 fully saturated rings. The molecule has 4 heteroatoms. The largest absolute Gasteiger partial charge is 0.384 e. The fraction of sp³-hybridized carbons (Fsp3) is 0.429. The van der Waals surface area contributed by atoms with Gasteiger partial charge in [0.25, 0.3) is 0 Å². The van der Waals surface area contributed by atoms with Gasteiger partial charge in [0.15, 0.2) is 0 Å². The van der Waals surface area contributed by atoms with Gasteiger partial charge >= 0.3 is 0 Å². The fourth-order valence-electron chi connectivity index (χ4n) is 4.22. The van der Waals surface area contributed by atoms with Gasteiger partial charge in [-0.15, -0.1) is 0 Å². The van der Waals surface area contributed by atoms with E-state index in [9.17, 15) is 4.39 Å². The van der Waals surface area contributed by atoms with Crippen LogP contribution in [0.4, 0.5) is 10.1 Å². The average Bonchev–Trinajstić information content (AvgIpc) is 3.03. The van der Waals surface area contributed by atoms with Crippen molar-refractivity contribution in [1.29, 1.82) is 0 Å². The molecule has 2 nitrogen and oxygen atoms in total. The lowest BCUT2D eigenvalue weighted by Crippen LogP contribution is -2.37. The van der Waals surface area contributed by atoms with Gasteiger partial charge in [0.2, 0.25) is 0 Å². The molecular formula is C21H24BrFN2. The first-order valence-electron chi connectivity index (χ1n) is 9.18. The van der Waals surface area contributed by atoms with Crippen molar-refractivity contribution in [1.82, 2.24) is 4.90 Å². The van der Waals surface area contributed by atoms with Gasteiger partial charge in [-0.2, -0.15) is 0 Å². The van der Waals surface area contributed by atoms with Crippen LogP contribution in [0.3, 0.4) is 0 Å². The van der Waals surface area contributed by atoms with Crippen molar-refractivity contribution in [2.24, 2.45) is 5.92 Å². The lowest BCUT2D eigenvalue weighted by Gasteiger charge is -2.33. The normalized spacial score (nSPS) is 21.1. The highest BCUT2D eigenvalue weighted by Crippen LogP contribution is 2.33. The van der Waals surface area contributed by atoms with E-state index < -0.39 is 0 Å². The Morgan fingerprint density at radius 1 is 1.12 bits per heavy atom. The fourth-order valence-corrected chi connectivity index (χ4v) is 4.62.